The van der Waals surface area contributed by atoms with Crippen LogP contribution in [-0.4, -0.2) is 28.4 Å². The lowest BCUT2D eigenvalue weighted by molar-refractivity contribution is 0.103. The minimum absolute atomic E-state index is 0.0126. The minimum atomic E-state index is -3.98. The highest BCUT2D eigenvalue weighted by Gasteiger charge is 2.40. The van der Waals surface area contributed by atoms with Crippen LogP contribution < -0.4 is 0 Å². The first-order chi connectivity index (χ1) is 17.7. The Bertz CT molecular complexity index is 2010. The Morgan fingerprint density at radius 1 is 0.595 bits per heavy atom. The third-order valence-corrected chi connectivity index (χ3v) is 10.3. The molecule has 6 rings (SSSR count). The first-order valence-corrected chi connectivity index (χ1v) is 14.4. The van der Waals surface area contributed by atoms with E-state index in [-0.39, 0.29) is 37.1 Å². The van der Waals surface area contributed by atoms with Gasteiger partial charge in [-0.1, -0.05) is 66.8 Å². The molecule has 0 unspecified atom stereocenters. The Morgan fingerprint density at radius 2 is 1.03 bits per heavy atom. The topological polar surface area (TPSA) is 102 Å². The maximum Gasteiger partial charge on any atom is 0.211 e. The molecule has 6 nitrogen and oxygen atoms in total. The van der Waals surface area contributed by atoms with Crippen molar-refractivity contribution in [1.29, 1.82) is 0 Å². The van der Waals surface area contributed by atoms with Crippen LogP contribution in [0.2, 0.25) is 0 Å². The fraction of sp³-hybridized carbons (Fsp3) is 0.0345. The standard InChI is InChI=1S/C29H18O6S2/c30-28-22-14-18-8-4-6-10-20(18)16-26(22)36(32,33)24(28)12-2-1-3-13-25-29(31)23-15-19-9-5-7-11-21(19)17-27(23)37(25,34)35/h1-2,4-17H,3H2. The van der Waals surface area contributed by atoms with E-state index >= 15 is 0 Å². The molecule has 2 heterocycles. The molecule has 0 spiro atoms. The fourth-order valence-electron chi connectivity index (χ4n) is 4.76. The second-order valence-corrected chi connectivity index (χ2v) is 12.6. The maximum absolute atomic E-state index is 13.0. The third kappa shape index (κ3) is 3.52. The monoisotopic (exact) mass is 526 g/mol. The summed E-state index contributed by atoms with van der Waals surface area (Å²) in [4.78, 5) is 25.1. The lowest BCUT2D eigenvalue weighted by Gasteiger charge is -2.01. The lowest BCUT2D eigenvalue weighted by Crippen LogP contribution is -2.02. The number of sulfone groups is 2. The molecule has 0 amide bonds. The van der Waals surface area contributed by atoms with Gasteiger partial charge in [-0.15, -0.1) is 0 Å². The van der Waals surface area contributed by atoms with E-state index in [2.05, 4.69) is 0 Å². The van der Waals surface area contributed by atoms with Crippen LogP contribution in [0.4, 0.5) is 0 Å². The van der Waals surface area contributed by atoms with Crippen molar-refractivity contribution in [2.24, 2.45) is 0 Å². The average molecular weight is 527 g/mol. The number of allylic oxidation sites excluding steroid dienone is 6. The summed E-state index contributed by atoms with van der Waals surface area (Å²) in [6.45, 7) is 0. The molecular formula is C29H18O6S2. The van der Waals surface area contributed by atoms with Crippen LogP contribution in [0.1, 0.15) is 27.1 Å². The highest BCUT2D eigenvalue weighted by molar-refractivity contribution is 7.97. The molecule has 182 valence electrons. The zero-order chi connectivity index (χ0) is 25.9. The average Bonchev–Trinajstić information content (AvgIpc) is 3.19. The second-order valence-electron chi connectivity index (χ2n) is 8.82. The van der Waals surface area contributed by atoms with Gasteiger partial charge in [-0.3, -0.25) is 9.59 Å². The predicted octanol–water partition coefficient (Wildman–Crippen LogP) is 5.35. The molecule has 0 bridgehead atoms. The van der Waals surface area contributed by atoms with Crippen molar-refractivity contribution in [2.45, 2.75) is 16.2 Å². The second kappa shape index (κ2) is 8.19. The van der Waals surface area contributed by atoms with E-state index in [1.807, 2.05) is 24.3 Å². The number of Topliss-reactive ketones (excluding diaryl/α,β-unsaturated/α-hetero) is 2. The Kier molecular flexibility index (Phi) is 5.15. The third-order valence-electron chi connectivity index (χ3n) is 6.61. The van der Waals surface area contributed by atoms with Gasteiger partial charge in [-0.25, -0.2) is 16.8 Å². The van der Waals surface area contributed by atoms with Gasteiger partial charge >= 0.3 is 0 Å². The number of fused-ring (bicyclic) bond motifs is 4. The Labute approximate surface area is 213 Å². The van der Waals surface area contributed by atoms with Gasteiger partial charge in [0.1, 0.15) is 9.81 Å². The molecule has 4 aromatic rings. The number of carbonyl (C=O) groups excluding carboxylic acids is 2. The largest absolute Gasteiger partial charge is 0.288 e. The lowest BCUT2D eigenvalue weighted by atomic mass is 10.0. The van der Waals surface area contributed by atoms with Gasteiger partial charge in [-0.2, -0.15) is 0 Å². The van der Waals surface area contributed by atoms with Crippen molar-refractivity contribution in [2.75, 3.05) is 0 Å². The number of benzene rings is 4. The van der Waals surface area contributed by atoms with Crippen LogP contribution in [-0.2, 0) is 19.7 Å². The zero-order valence-electron chi connectivity index (χ0n) is 19.2. The van der Waals surface area contributed by atoms with Crippen LogP contribution in [0.25, 0.3) is 21.5 Å². The van der Waals surface area contributed by atoms with E-state index < -0.39 is 31.2 Å². The number of hydrogen-bond donors (Lipinski definition) is 0. The van der Waals surface area contributed by atoms with Gasteiger partial charge in [0.15, 0.2) is 0 Å². The van der Waals surface area contributed by atoms with E-state index in [1.54, 1.807) is 36.4 Å². The molecule has 0 atom stereocenters. The summed E-state index contributed by atoms with van der Waals surface area (Å²) >= 11 is 0. The van der Waals surface area contributed by atoms with E-state index in [9.17, 15) is 26.4 Å². The summed E-state index contributed by atoms with van der Waals surface area (Å²) in [7, 11) is -7.94. The zero-order valence-corrected chi connectivity index (χ0v) is 20.8. The summed E-state index contributed by atoms with van der Waals surface area (Å²) in [6, 6.07) is 20.6. The summed E-state index contributed by atoms with van der Waals surface area (Å²) < 4.78 is 52.0. The number of hydrogen-bond acceptors (Lipinski definition) is 6. The molecule has 0 aliphatic carbocycles. The highest BCUT2D eigenvalue weighted by atomic mass is 32.2. The number of ketones is 2. The fourth-order valence-corrected chi connectivity index (χ4v) is 7.96. The van der Waals surface area contributed by atoms with Crippen molar-refractivity contribution in [3.8, 4) is 0 Å². The molecule has 2 aliphatic heterocycles. The smallest absolute Gasteiger partial charge is 0.211 e. The molecule has 4 aromatic carbocycles. The van der Waals surface area contributed by atoms with Crippen molar-refractivity contribution >= 4 is 52.8 Å². The summed E-state index contributed by atoms with van der Waals surface area (Å²) in [5.41, 5.74) is 0.275. The molecule has 0 fully saturated rings. The molecule has 0 aromatic heterocycles. The van der Waals surface area contributed by atoms with Crippen LogP contribution in [0, 0.1) is 0 Å². The predicted molar refractivity (Wildman–Crippen MR) is 141 cm³/mol. The number of rotatable bonds is 3. The Morgan fingerprint density at radius 3 is 1.54 bits per heavy atom. The van der Waals surface area contributed by atoms with Gasteiger partial charge in [0.25, 0.3) is 0 Å². The Hall–Kier alpha value is -4.14. The van der Waals surface area contributed by atoms with Crippen LogP contribution in [0.15, 0.2) is 117 Å². The minimum Gasteiger partial charge on any atom is -0.288 e. The summed E-state index contributed by atoms with van der Waals surface area (Å²) in [5.74, 6) is -1.15. The Balaban J connectivity index is 1.28. The van der Waals surface area contributed by atoms with Crippen molar-refractivity contribution in [3.05, 3.63) is 118 Å². The van der Waals surface area contributed by atoms with Crippen molar-refractivity contribution in [1.82, 2.24) is 0 Å². The van der Waals surface area contributed by atoms with E-state index in [0.29, 0.717) is 0 Å². The molecular weight excluding hydrogens is 508 g/mol. The van der Waals surface area contributed by atoms with Crippen LogP contribution in [0.3, 0.4) is 0 Å². The molecule has 0 saturated heterocycles. The molecule has 37 heavy (non-hydrogen) atoms. The van der Waals surface area contributed by atoms with Crippen LogP contribution in [0.5, 0.6) is 0 Å². The van der Waals surface area contributed by atoms with Gasteiger partial charge in [0.2, 0.25) is 31.2 Å². The van der Waals surface area contributed by atoms with Crippen molar-refractivity contribution < 1.29 is 26.4 Å². The van der Waals surface area contributed by atoms with E-state index in [0.717, 1.165) is 21.5 Å². The van der Waals surface area contributed by atoms with E-state index in [1.165, 1.54) is 36.4 Å². The quantitative estimate of drug-likeness (QED) is 0.334. The molecule has 0 saturated carbocycles. The summed E-state index contributed by atoms with van der Waals surface area (Å²) in [6.07, 6.45) is 5.48. The molecule has 2 aliphatic rings. The normalized spacial score (nSPS) is 19.9. The highest BCUT2D eigenvalue weighted by Crippen LogP contribution is 2.38. The first kappa shape index (κ1) is 23.3. The van der Waals surface area contributed by atoms with Crippen molar-refractivity contribution in [3.63, 3.8) is 0 Å². The summed E-state index contributed by atoms with van der Waals surface area (Å²) in [5, 5.41) is 2.98. The maximum atomic E-state index is 13.0. The van der Waals surface area contributed by atoms with Gasteiger partial charge in [0.05, 0.1) is 9.79 Å². The van der Waals surface area contributed by atoms with Gasteiger partial charge < -0.3 is 0 Å². The number of carbonyl (C=O) groups is 2. The van der Waals surface area contributed by atoms with Gasteiger partial charge in [-0.05, 0) is 58.3 Å². The molecule has 8 heteroatoms. The van der Waals surface area contributed by atoms with E-state index in [4.69, 9.17) is 0 Å². The first-order valence-electron chi connectivity index (χ1n) is 11.4. The molecule has 0 N–H and O–H groups in total. The van der Waals surface area contributed by atoms with Crippen LogP contribution >= 0.6 is 0 Å². The van der Waals surface area contributed by atoms with Gasteiger partial charge in [0, 0.05) is 11.1 Å². The SMILES string of the molecule is O=C1C(=CC=CCC=C2C(=O)c3cc4ccccc4cc3S2(=O)=O)S(=O)(=O)c2cc3ccccc3cc21. The molecule has 0 radical (unpaired) electrons.